The van der Waals surface area contributed by atoms with Gasteiger partial charge in [0.15, 0.2) is 12.6 Å². The van der Waals surface area contributed by atoms with Crippen LogP contribution in [0.4, 0.5) is 0 Å². The average Bonchev–Trinajstić information content (AvgIpc) is 3.54. The van der Waals surface area contributed by atoms with Crippen LogP contribution in [-0.2, 0) is 31.9 Å². The van der Waals surface area contributed by atoms with Crippen LogP contribution >= 0.6 is 0 Å². The topological polar surface area (TPSA) is 279 Å². The molecule has 0 amide bonds. The van der Waals surface area contributed by atoms with Crippen LogP contribution in [0, 0.1) is 0 Å². The number of aliphatic hydroxyl groups excluding tert-OH is 4. The molecule has 3 aliphatic rings. The lowest BCUT2D eigenvalue weighted by atomic mass is 9.84. The first-order chi connectivity index (χ1) is 24.0. The molecule has 14 N–H and O–H groups in total. The maximum Gasteiger partial charge on any atom is 0.186 e. The van der Waals surface area contributed by atoms with E-state index in [1.165, 1.54) is 64.2 Å². The molecule has 16 nitrogen and oxygen atoms in total. The molecule has 14 atom stereocenters. The Morgan fingerprint density at radius 2 is 1.28 bits per heavy atom. The number of unbranched alkanes of at least 4 members (excludes halogenated alkanes) is 11. The van der Waals surface area contributed by atoms with Crippen molar-refractivity contribution in [1.29, 1.82) is 0 Å². The molecule has 0 bridgehead atoms. The lowest BCUT2D eigenvalue weighted by Gasteiger charge is -2.48. The summed E-state index contributed by atoms with van der Waals surface area (Å²) in [5, 5.41) is 51.9. The second kappa shape index (κ2) is 20.8. The van der Waals surface area contributed by atoms with Crippen LogP contribution in [-0.4, -0.2) is 128 Å². The van der Waals surface area contributed by atoms with Gasteiger partial charge in [-0.3, -0.25) is 0 Å². The largest absolute Gasteiger partial charge is 0.390 e. The number of nitrogens with zero attached hydrogens (tertiary/aromatic N) is 3. The summed E-state index contributed by atoms with van der Waals surface area (Å²) >= 11 is 0. The van der Waals surface area contributed by atoms with E-state index < -0.39 is 85.6 Å². The molecule has 2 saturated heterocycles. The predicted octanol–water partition coefficient (Wildman–Crippen LogP) is -0.753. The smallest absolute Gasteiger partial charge is 0.186 e. The molecular weight excluding hydrogens is 648 g/mol. The SMILES string of the molecule is CCCCCCCCCCCCCCc1cn(C[C@H]2O[C@H](O[C@@H]3[C@@H](O)[C@H](O[C@H]4O[C@H](CN)[C@@H](O)C[C@H]4N)[C@@H](N)C[C@H]3N)[C@H](O)[C@@H](N)[C@@H]2O)nn1. The summed E-state index contributed by atoms with van der Waals surface area (Å²) in [6, 6.07) is -3.23. The highest BCUT2D eigenvalue weighted by Crippen LogP contribution is 2.31. The molecule has 1 saturated carbocycles. The van der Waals surface area contributed by atoms with Crippen molar-refractivity contribution in [2.45, 2.75) is 195 Å². The normalized spacial score (nSPS) is 38.0. The van der Waals surface area contributed by atoms with E-state index in [1.54, 1.807) is 4.68 Å². The van der Waals surface area contributed by atoms with Gasteiger partial charge in [-0.25, -0.2) is 4.68 Å². The van der Waals surface area contributed by atoms with Crippen LogP contribution < -0.4 is 28.7 Å². The molecule has 0 radical (unpaired) electrons. The van der Waals surface area contributed by atoms with E-state index in [9.17, 15) is 20.4 Å². The molecule has 0 aromatic carbocycles. The molecule has 1 aromatic heterocycles. The number of hydrogen-bond acceptors (Lipinski definition) is 15. The van der Waals surface area contributed by atoms with Crippen LogP contribution in [0.5, 0.6) is 0 Å². The molecule has 0 unspecified atom stereocenters. The Morgan fingerprint density at radius 3 is 1.88 bits per heavy atom. The van der Waals surface area contributed by atoms with Gasteiger partial charge >= 0.3 is 0 Å². The maximum atomic E-state index is 11.4. The van der Waals surface area contributed by atoms with Crippen LogP contribution in [0.2, 0.25) is 0 Å². The number of aromatic nitrogens is 3. The third kappa shape index (κ3) is 11.6. The molecule has 2 aliphatic heterocycles. The number of rotatable bonds is 20. The second-order valence-electron chi connectivity index (χ2n) is 14.7. The van der Waals surface area contributed by atoms with Crippen molar-refractivity contribution in [3.05, 3.63) is 11.9 Å². The van der Waals surface area contributed by atoms with Crippen molar-refractivity contribution in [1.82, 2.24) is 15.0 Å². The van der Waals surface area contributed by atoms with Crippen molar-refractivity contribution >= 4 is 0 Å². The first-order valence-electron chi connectivity index (χ1n) is 19.0. The van der Waals surface area contributed by atoms with Crippen molar-refractivity contribution in [2.75, 3.05) is 6.54 Å². The van der Waals surface area contributed by atoms with Crippen molar-refractivity contribution < 1.29 is 39.4 Å². The Hall–Kier alpha value is -1.38. The number of aliphatic hydroxyl groups is 4. The molecular formula is C34H66N8O8. The van der Waals surface area contributed by atoms with Gasteiger partial charge in [-0.1, -0.05) is 82.8 Å². The fraction of sp³-hybridized carbons (Fsp3) is 0.941. The third-order valence-electron chi connectivity index (χ3n) is 10.5. The molecule has 3 heterocycles. The summed E-state index contributed by atoms with van der Waals surface area (Å²) in [7, 11) is 0. The summed E-state index contributed by atoms with van der Waals surface area (Å²) in [6.45, 7) is 2.43. The number of nitrogens with two attached hydrogens (primary N) is 5. The van der Waals surface area contributed by atoms with Gasteiger partial charge in [0.2, 0.25) is 0 Å². The second-order valence-corrected chi connectivity index (χ2v) is 14.7. The Balaban J connectivity index is 1.24. The van der Waals surface area contributed by atoms with Gasteiger partial charge in [-0.2, -0.15) is 0 Å². The fourth-order valence-electron chi connectivity index (χ4n) is 7.30. The van der Waals surface area contributed by atoms with E-state index in [0.717, 1.165) is 25.0 Å². The highest BCUT2D eigenvalue weighted by atomic mass is 16.7. The van der Waals surface area contributed by atoms with Gasteiger partial charge in [0.25, 0.3) is 0 Å². The van der Waals surface area contributed by atoms with Crippen molar-refractivity contribution in [3.8, 4) is 0 Å². The van der Waals surface area contributed by atoms with Gasteiger partial charge in [-0.15, -0.1) is 5.10 Å². The molecule has 50 heavy (non-hydrogen) atoms. The standard InChI is InChI=1S/C34H66N8O8/c1-2-3-4-5-6-7-8-9-10-11-12-13-14-20-18-42(41-40-20)19-26-28(44)27(39)29(45)34(48-26)50-32-22(37)15-21(36)31(30(32)46)49-33-23(38)16-24(43)25(17-35)47-33/h18,21-34,43-46H,2-17,19,35-39H2,1H3/t21-,22+,23+,24-,25+,26+,27-,28+,29+,30-,31+,32-,33+,34+/m0/s1. The molecule has 1 aliphatic carbocycles. The minimum atomic E-state index is -1.42. The molecule has 290 valence electrons. The number of aryl methyl sites for hydroxylation is 1. The summed E-state index contributed by atoms with van der Waals surface area (Å²) in [5.74, 6) is 0. The molecule has 1 aromatic rings. The summed E-state index contributed by atoms with van der Waals surface area (Å²) in [5.41, 5.74) is 31.7. The van der Waals surface area contributed by atoms with Crippen LogP contribution in [0.3, 0.4) is 0 Å². The van der Waals surface area contributed by atoms with E-state index in [4.69, 9.17) is 47.6 Å². The monoisotopic (exact) mass is 715 g/mol. The minimum absolute atomic E-state index is 0.0587. The van der Waals surface area contributed by atoms with Crippen LogP contribution in [0.1, 0.15) is 103 Å². The van der Waals surface area contributed by atoms with E-state index in [1.807, 2.05) is 6.20 Å². The third-order valence-corrected chi connectivity index (χ3v) is 10.5. The van der Waals surface area contributed by atoms with Gasteiger partial charge in [0.05, 0.1) is 42.6 Å². The quantitative estimate of drug-likeness (QED) is 0.0752. The highest BCUT2D eigenvalue weighted by Gasteiger charge is 2.50. The van der Waals surface area contributed by atoms with Crippen LogP contribution in [0.25, 0.3) is 0 Å². The Bertz CT molecular complexity index is 1090. The molecule has 0 spiro atoms. The maximum absolute atomic E-state index is 11.4. The zero-order valence-corrected chi connectivity index (χ0v) is 29.8. The molecule has 3 fully saturated rings. The van der Waals surface area contributed by atoms with E-state index in [-0.39, 0.29) is 25.9 Å². The zero-order chi connectivity index (χ0) is 36.2. The number of hydrogen-bond donors (Lipinski definition) is 9. The highest BCUT2D eigenvalue weighted by molar-refractivity contribution is 5.01. The van der Waals surface area contributed by atoms with Gasteiger partial charge in [0, 0.05) is 24.8 Å². The van der Waals surface area contributed by atoms with E-state index in [0.29, 0.717) is 0 Å². The Kier molecular flexibility index (Phi) is 17.2. The zero-order valence-electron chi connectivity index (χ0n) is 29.8. The first kappa shape index (κ1) is 41.4. The summed E-state index contributed by atoms with van der Waals surface area (Å²) in [6.07, 6.45) is 7.60. The van der Waals surface area contributed by atoms with Gasteiger partial charge in [-0.05, 0) is 25.7 Å². The van der Waals surface area contributed by atoms with Crippen LogP contribution in [0.15, 0.2) is 6.20 Å². The van der Waals surface area contributed by atoms with E-state index in [2.05, 4.69) is 17.2 Å². The molecule has 16 heteroatoms. The summed E-state index contributed by atoms with van der Waals surface area (Å²) < 4.78 is 25.5. The summed E-state index contributed by atoms with van der Waals surface area (Å²) in [4.78, 5) is 0. The first-order valence-corrected chi connectivity index (χ1v) is 19.0. The van der Waals surface area contributed by atoms with Crippen molar-refractivity contribution in [2.24, 2.45) is 28.7 Å². The molecule has 4 rings (SSSR count). The predicted molar refractivity (Wildman–Crippen MR) is 186 cm³/mol. The lowest BCUT2D eigenvalue weighted by Crippen LogP contribution is -2.68. The van der Waals surface area contributed by atoms with Gasteiger partial charge in [0.1, 0.15) is 30.5 Å². The minimum Gasteiger partial charge on any atom is -0.390 e. The average molecular weight is 715 g/mol. The number of ether oxygens (including phenoxy) is 4. The van der Waals surface area contributed by atoms with Crippen molar-refractivity contribution in [3.63, 3.8) is 0 Å². The fourth-order valence-corrected chi connectivity index (χ4v) is 7.30. The Labute approximate surface area is 296 Å². The lowest BCUT2D eigenvalue weighted by molar-refractivity contribution is -0.313. The Morgan fingerprint density at radius 1 is 0.720 bits per heavy atom. The van der Waals surface area contributed by atoms with E-state index >= 15 is 0 Å². The van der Waals surface area contributed by atoms with Gasteiger partial charge < -0.3 is 68.0 Å².